The summed E-state index contributed by atoms with van der Waals surface area (Å²) in [6, 6.07) is 6.87. The van der Waals surface area contributed by atoms with Crippen molar-refractivity contribution in [2.24, 2.45) is 0 Å². The standard InChI is InChI=1S/C13H13N3O4.Na/c14-8-9-10(15-12(17)13(18)19)2-1-3-11(9)16-4-6-20-7-5-16;/h1-3H,4-7H2,(H,15,17)(H,18,19);/q;+1/p-1. The van der Waals surface area contributed by atoms with Crippen molar-refractivity contribution in [3.63, 3.8) is 0 Å². The molecule has 0 aliphatic carbocycles. The molecule has 1 N–H and O–H groups in total. The fourth-order valence-electron chi connectivity index (χ4n) is 2.00. The summed E-state index contributed by atoms with van der Waals surface area (Å²) in [4.78, 5) is 23.6. The van der Waals surface area contributed by atoms with Crippen LogP contribution in [0.5, 0.6) is 0 Å². The summed E-state index contributed by atoms with van der Waals surface area (Å²) in [5, 5.41) is 21.9. The number of anilines is 2. The first kappa shape index (κ1) is 17.5. The number of ether oxygens (including phenoxy) is 1. The van der Waals surface area contributed by atoms with Gasteiger partial charge in [0.05, 0.1) is 30.2 Å². The Morgan fingerprint density at radius 1 is 1.33 bits per heavy atom. The van der Waals surface area contributed by atoms with Gasteiger partial charge in [-0.1, -0.05) is 6.07 Å². The van der Waals surface area contributed by atoms with Crippen molar-refractivity contribution in [2.45, 2.75) is 0 Å². The van der Waals surface area contributed by atoms with Gasteiger partial charge in [-0.15, -0.1) is 0 Å². The number of benzene rings is 1. The zero-order chi connectivity index (χ0) is 14.5. The van der Waals surface area contributed by atoms with Crippen molar-refractivity contribution in [2.75, 3.05) is 36.5 Å². The van der Waals surface area contributed by atoms with Gasteiger partial charge in [-0.05, 0) is 12.1 Å². The number of hydrogen-bond acceptors (Lipinski definition) is 6. The zero-order valence-electron chi connectivity index (χ0n) is 11.6. The normalized spacial score (nSPS) is 13.8. The van der Waals surface area contributed by atoms with E-state index in [4.69, 9.17) is 4.74 Å². The molecule has 0 aromatic heterocycles. The molecule has 1 fully saturated rings. The fraction of sp³-hybridized carbons (Fsp3) is 0.308. The van der Waals surface area contributed by atoms with E-state index in [2.05, 4.69) is 5.32 Å². The topological polar surface area (TPSA) is 105 Å². The van der Waals surface area contributed by atoms with Crippen LogP contribution in [0.15, 0.2) is 18.2 Å². The second kappa shape index (κ2) is 8.00. The minimum atomic E-state index is -1.84. The number of carboxylic acids is 1. The Hall–Kier alpha value is -1.59. The van der Waals surface area contributed by atoms with Crippen LogP contribution in [0.3, 0.4) is 0 Å². The third-order valence-electron chi connectivity index (χ3n) is 2.94. The van der Waals surface area contributed by atoms with Gasteiger partial charge in [0.25, 0.3) is 5.91 Å². The molecule has 1 aromatic carbocycles. The monoisotopic (exact) mass is 297 g/mol. The number of nitrogens with one attached hydrogen (secondary N) is 1. The van der Waals surface area contributed by atoms with Crippen LogP contribution in [0.1, 0.15) is 5.56 Å². The molecule has 1 aromatic rings. The number of rotatable bonds is 2. The van der Waals surface area contributed by atoms with E-state index in [9.17, 15) is 20.0 Å². The maximum atomic E-state index is 11.2. The predicted molar refractivity (Wildman–Crippen MR) is 67.8 cm³/mol. The van der Waals surface area contributed by atoms with E-state index in [0.717, 1.165) is 0 Å². The van der Waals surface area contributed by atoms with Crippen LogP contribution in [0.25, 0.3) is 0 Å². The Bertz CT molecular complexity index is 579. The van der Waals surface area contributed by atoms with Crippen LogP contribution in [0.2, 0.25) is 0 Å². The molecule has 0 unspecified atom stereocenters. The fourth-order valence-corrected chi connectivity index (χ4v) is 2.00. The van der Waals surface area contributed by atoms with Gasteiger partial charge in [0.15, 0.2) is 0 Å². The van der Waals surface area contributed by atoms with E-state index in [0.29, 0.717) is 32.0 Å². The number of carbonyl (C=O) groups excluding carboxylic acids is 2. The molecule has 8 heteroatoms. The molecule has 0 saturated carbocycles. The van der Waals surface area contributed by atoms with E-state index >= 15 is 0 Å². The molecule has 0 atom stereocenters. The second-order valence-corrected chi connectivity index (χ2v) is 4.15. The van der Waals surface area contributed by atoms with Crippen molar-refractivity contribution < 1.29 is 49.0 Å². The third-order valence-corrected chi connectivity index (χ3v) is 2.94. The van der Waals surface area contributed by atoms with E-state index in [-0.39, 0.29) is 40.8 Å². The van der Waals surface area contributed by atoms with E-state index in [1.807, 2.05) is 11.0 Å². The number of amides is 1. The summed E-state index contributed by atoms with van der Waals surface area (Å²) < 4.78 is 5.24. The first-order chi connectivity index (χ1) is 9.63. The Morgan fingerprint density at radius 3 is 2.57 bits per heavy atom. The largest absolute Gasteiger partial charge is 1.00 e. The molecule has 1 aliphatic heterocycles. The second-order valence-electron chi connectivity index (χ2n) is 4.15. The molecule has 7 nitrogen and oxygen atoms in total. The van der Waals surface area contributed by atoms with Gasteiger partial charge in [0.1, 0.15) is 12.0 Å². The van der Waals surface area contributed by atoms with Crippen LogP contribution in [-0.2, 0) is 14.3 Å². The molecule has 104 valence electrons. The molecular weight excluding hydrogens is 285 g/mol. The van der Waals surface area contributed by atoms with Crippen molar-refractivity contribution in [1.29, 1.82) is 5.26 Å². The van der Waals surface area contributed by atoms with E-state index < -0.39 is 11.9 Å². The smallest absolute Gasteiger partial charge is 0.540 e. The molecule has 1 saturated heterocycles. The Balaban J connectivity index is 0.00000220. The summed E-state index contributed by atoms with van der Waals surface area (Å²) in [5.41, 5.74) is 1.03. The van der Waals surface area contributed by atoms with Gasteiger partial charge in [0, 0.05) is 13.1 Å². The number of carboxylic acid groups (broad SMARTS) is 1. The Morgan fingerprint density at radius 2 is 2.00 bits per heavy atom. The summed E-state index contributed by atoms with van der Waals surface area (Å²) >= 11 is 0. The predicted octanol–water partition coefficient (Wildman–Crippen LogP) is -3.91. The molecule has 0 radical (unpaired) electrons. The van der Waals surface area contributed by atoms with Gasteiger partial charge in [-0.2, -0.15) is 5.26 Å². The van der Waals surface area contributed by atoms with Crippen LogP contribution < -0.4 is 44.9 Å². The molecule has 1 aliphatic rings. The molecule has 1 amide bonds. The molecule has 0 bridgehead atoms. The quantitative estimate of drug-likeness (QED) is 0.442. The van der Waals surface area contributed by atoms with Gasteiger partial charge < -0.3 is 24.9 Å². The molecule has 21 heavy (non-hydrogen) atoms. The van der Waals surface area contributed by atoms with E-state index in [1.54, 1.807) is 12.1 Å². The number of carbonyl (C=O) groups is 2. The van der Waals surface area contributed by atoms with Gasteiger partial charge >= 0.3 is 29.6 Å². The number of nitrogens with zero attached hydrogens (tertiary/aromatic N) is 2. The summed E-state index contributed by atoms with van der Waals surface area (Å²) in [5.74, 6) is -3.12. The van der Waals surface area contributed by atoms with Crippen LogP contribution >= 0.6 is 0 Å². The summed E-state index contributed by atoms with van der Waals surface area (Å²) in [7, 11) is 0. The van der Waals surface area contributed by atoms with Crippen LogP contribution in [0, 0.1) is 11.3 Å². The number of hydrogen-bond donors (Lipinski definition) is 1. The van der Waals surface area contributed by atoms with Gasteiger partial charge in [-0.25, -0.2) is 0 Å². The van der Waals surface area contributed by atoms with Gasteiger partial charge in [-0.3, -0.25) is 4.79 Å². The number of morpholine rings is 1. The van der Waals surface area contributed by atoms with Crippen molar-refractivity contribution in [3.8, 4) is 6.07 Å². The molecule has 2 rings (SSSR count). The maximum Gasteiger partial charge on any atom is 1.00 e. The minimum absolute atomic E-state index is 0. The number of aliphatic carboxylic acids is 1. The third kappa shape index (κ3) is 4.19. The molecule has 0 spiro atoms. The van der Waals surface area contributed by atoms with Crippen LogP contribution in [-0.4, -0.2) is 38.2 Å². The zero-order valence-corrected chi connectivity index (χ0v) is 13.6. The van der Waals surface area contributed by atoms with E-state index in [1.165, 1.54) is 6.07 Å². The average molecular weight is 297 g/mol. The molecular formula is C13H12N3NaO4. The summed E-state index contributed by atoms with van der Waals surface area (Å²) in [6.07, 6.45) is 0. The maximum absolute atomic E-state index is 11.2. The molecule has 1 heterocycles. The number of nitriles is 1. The first-order valence-corrected chi connectivity index (χ1v) is 6.01. The van der Waals surface area contributed by atoms with Crippen molar-refractivity contribution >= 4 is 23.3 Å². The van der Waals surface area contributed by atoms with Crippen molar-refractivity contribution in [1.82, 2.24) is 0 Å². The minimum Gasteiger partial charge on any atom is -0.540 e. The SMILES string of the molecule is N#Cc1c(NC(=O)C(=O)[O-])cccc1N1CCOCC1.[Na+]. The first-order valence-electron chi connectivity index (χ1n) is 6.01. The Labute approximate surface area is 143 Å². The van der Waals surface area contributed by atoms with Crippen molar-refractivity contribution in [3.05, 3.63) is 23.8 Å². The average Bonchev–Trinajstić information content (AvgIpc) is 2.47. The van der Waals surface area contributed by atoms with Crippen LogP contribution in [0.4, 0.5) is 11.4 Å². The Kier molecular flexibility index (Phi) is 6.65. The van der Waals surface area contributed by atoms with Gasteiger partial charge in [0.2, 0.25) is 0 Å². The summed E-state index contributed by atoms with van der Waals surface area (Å²) in [6.45, 7) is 2.38.